The molecule has 10 heteroatoms. The van der Waals surface area contributed by atoms with Crippen molar-refractivity contribution in [2.75, 3.05) is 7.11 Å². The van der Waals surface area contributed by atoms with E-state index < -0.39 is 5.51 Å². The number of methoxy groups -OCH3 is 1. The molecule has 0 heterocycles. The summed E-state index contributed by atoms with van der Waals surface area (Å²) in [6, 6.07) is 9.39. The smallest absolute Gasteiger partial charge is 0.446 e. The highest BCUT2D eigenvalue weighted by Crippen LogP contribution is 2.62. The number of nitrogens with zero attached hydrogens (tertiary/aromatic N) is 2. The first kappa shape index (κ1) is 25.9. The topological polar surface area (TPSA) is 80.5 Å². The maximum Gasteiger partial charge on any atom is 0.446 e. The molecule has 2 aromatic carbocycles. The predicted octanol–water partition coefficient (Wildman–Crippen LogP) is 7.38. The molecule has 3 aliphatic rings. The van der Waals surface area contributed by atoms with Crippen molar-refractivity contribution in [2.45, 2.75) is 68.0 Å². The monoisotopic (exact) mass is 534 g/mol. The number of benzene rings is 2. The third kappa shape index (κ3) is 4.92. The highest BCUT2D eigenvalue weighted by molar-refractivity contribution is 8.00. The number of oxime groups is 1. The van der Waals surface area contributed by atoms with Gasteiger partial charge in [-0.1, -0.05) is 29.4 Å². The summed E-state index contributed by atoms with van der Waals surface area (Å²) in [5.41, 5.74) is -1.17. The quantitative estimate of drug-likeness (QED) is 0.238. The Morgan fingerprint density at radius 2 is 1.92 bits per heavy atom. The average Bonchev–Trinajstić information content (AvgIpc) is 3.20. The lowest BCUT2D eigenvalue weighted by Crippen LogP contribution is -2.44. The van der Waals surface area contributed by atoms with E-state index in [9.17, 15) is 23.2 Å². The maximum atomic E-state index is 12.6. The lowest BCUT2D eigenvalue weighted by atomic mass is 9.55. The Labute approximate surface area is 217 Å². The van der Waals surface area contributed by atoms with Crippen LogP contribution in [0.1, 0.15) is 61.6 Å². The number of thioether (sulfide) groups is 1. The largest absolute Gasteiger partial charge is 0.504 e. The zero-order valence-electron chi connectivity index (χ0n) is 20.6. The Bertz CT molecular complexity index is 1200. The van der Waals surface area contributed by atoms with Gasteiger partial charge in [0, 0.05) is 10.5 Å². The number of fused-ring (bicyclic) bond motifs is 5. The molecule has 0 amide bonds. The fourth-order valence-corrected chi connectivity index (χ4v) is 7.34. The van der Waals surface area contributed by atoms with Crippen molar-refractivity contribution in [3.05, 3.63) is 58.0 Å². The number of aromatic hydroxyl groups is 1. The second-order valence-corrected chi connectivity index (χ2v) is 11.6. The van der Waals surface area contributed by atoms with Gasteiger partial charge >= 0.3 is 5.51 Å². The number of hydrogen-bond donors (Lipinski definition) is 1. The van der Waals surface area contributed by atoms with Gasteiger partial charge in [-0.25, -0.2) is 0 Å². The standard InChI is InChI=1S/C27H29F3N2O4S/c1-26-10-9-17-18-13-24(35-2)23(33)12-20(18)22(11-19(17)21(26)7-8-25(26)31-34)32-36-14-15-3-5-16(6-4-15)37-27(28,29)30/h3-6,12-13,17,19,21,25,33H,7-11,14H2,1-2H3/t17-,19-,21+,25?,26+/m1/s1. The zero-order chi connectivity index (χ0) is 26.4. The number of alkyl halides is 3. The van der Waals surface area contributed by atoms with Crippen molar-refractivity contribution >= 4 is 17.5 Å². The summed E-state index contributed by atoms with van der Waals surface area (Å²) in [7, 11) is 1.52. The molecular weight excluding hydrogens is 505 g/mol. The van der Waals surface area contributed by atoms with Gasteiger partial charge < -0.3 is 14.7 Å². The molecule has 6 nitrogen and oxygen atoms in total. The molecule has 3 aliphatic carbocycles. The average molecular weight is 535 g/mol. The van der Waals surface area contributed by atoms with E-state index in [2.05, 4.69) is 17.3 Å². The summed E-state index contributed by atoms with van der Waals surface area (Å²) >= 11 is -0.157. The number of phenolic OH excluding ortho intramolecular Hbond substituents is 1. The number of halogens is 3. The van der Waals surface area contributed by atoms with Crippen molar-refractivity contribution in [3.8, 4) is 11.5 Å². The Morgan fingerprint density at radius 1 is 1.16 bits per heavy atom. The fourth-order valence-electron chi connectivity index (χ4n) is 6.80. The van der Waals surface area contributed by atoms with Gasteiger partial charge in [-0.2, -0.15) is 18.1 Å². The minimum absolute atomic E-state index is 0.0249. The van der Waals surface area contributed by atoms with Crippen LogP contribution < -0.4 is 4.74 Å². The van der Waals surface area contributed by atoms with Crippen LogP contribution >= 0.6 is 11.8 Å². The molecule has 2 aromatic rings. The summed E-state index contributed by atoms with van der Waals surface area (Å²) in [6.45, 7) is 2.29. The van der Waals surface area contributed by atoms with Crippen LogP contribution in [-0.4, -0.2) is 29.5 Å². The highest BCUT2D eigenvalue weighted by atomic mass is 32.2. The second-order valence-electron chi connectivity index (χ2n) is 10.4. The SMILES string of the molecule is COc1cc2c(cc1O)C(=NOCc1ccc(SC(F)(F)F)cc1)C[C@@H]1[C@@H]2CC[C@]2(C)C(N=O)CC[C@@H]12. The van der Waals surface area contributed by atoms with E-state index in [0.717, 1.165) is 36.8 Å². The van der Waals surface area contributed by atoms with Gasteiger partial charge in [0.15, 0.2) is 11.5 Å². The Morgan fingerprint density at radius 3 is 2.59 bits per heavy atom. The zero-order valence-corrected chi connectivity index (χ0v) is 21.4. The first-order valence-corrected chi connectivity index (χ1v) is 13.2. The van der Waals surface area contributed by atoms with Gasteiger partial charge in [0.1, 0.15) is 6.61 Å². The molecule has 0 bridgehead atoms. The van der Waals surface area contributed by atoms with Crippen LogP contribution in [0.15, 0.2) is 51.6 Å². The van der Waals surface area contributed by atoms with Crippen molar-refractivity contribution in [2.24, 2.45) is 27.6 Å². The van der Waals surface area contributed by atoms with Gasteiger partial charge in [0.2, 0.25) is 0 Å². The molecule has 5 atom stereocenters. The molecule has 0 aromatic heterocycles. The Balaban J connectivity index is 1.41. The Hall–Kier alpha value is -2.75. The van der Waals surface area contributed by atoms with Gasteiger partial charge in [0.05, 0.1) is 18.9 Å². The van der Waals surface area contributed by atoms with Crippen LogP contribution in [0.2, 0.25) is 0 Å². The van der Waals surface area contributed by atoms with E-state index in [1.54, 1.807) is 18.2 Å². The van der Waals surface area contributed by atoms with E-state index in [-0.39, 0.29) is 52.3 Å². The van der Waals surface area contributed by atoms with Gasteiger partial charge in [-0.15, -0.1) is 0 Å². The van der Waals surface area contributed by atoms with Crippen molar-refractivity contribution in [1.82, 2.24) is 0 Å². The molecule has 0 aliphatic heterocycles. The van der Waals surface area contributed by atoms with Crippen LogP contribution in [0, 0.1) is 22.2 Å². The third-order valence-corrected chi connectivity index (χ3v) is 9.31. The molecule has 0 radical (unpaired) electrons. The minimum Gasteiger partial charge on any atom is -0.504 e. The van der Waals surface area contributed by atoms with E-state index in [4.69, 9.17) is 9.57 Å². The van der Waals surface area contributed by atoms with Gasteiger partial charge in [-0.05, 0) is 102 Å². The predicted molar refractivity (Wildman–Crippen MR) is 135 cm³/mol. The van der Waals surface area contributed by atoms with Crippen molar-refractivity contribution in [3.63, 3.8) is 0 Å². The highest BCUT2D eigenvalue weighted by Gasteiger charge is 2.56. The molecule has 2 saturated carbocycles. The molecule has 5 rings (SSSR count). The third-order valence-electron chi connectivity index (χ3n) is 8.57. The molecule has 0 spiro atoms. The molecule has 1 unspecified atom stereocenters. The molecule has 2 fully saturated rings. The molecular formula is C27H29F3N2O4S. The van der Waals surface area contributed by atoms with Crippen LogP contribution in [-0.2, 0) is 11.4 Å². The fraction of sp³-hybridized carbons (Fsp3) is 0.519. The summed E-state index contributed by atoms with van der Waals surface area (Å²) < 4.78 is 43.2. The minimum atomic E-state index is -4.33. The van der Waals surface area contributed by atoms with Crippen LogP contribution in [0.4, 0.5) is 13.2 Å². The molecule has 198 valence electrons. The Kier molecular flexibility index (Phi) is 6.89. The molecule has 1 N–H and O–H groups in total. The van der Waals surface area contributed by atoms with Gasteiger partial charge in [0.25, 0.3) is 0 Å². The van der Waals surface area contributed by atoms with E-state index in [1.165, 1.54) is 19.2 Å². The lowest BCUT2D eigenvalue weighted by Gasteiger charge is -2.49. The normalized spacial score (nSPS) is 29.8. The van der Waals surface area contributed by atoms with E-state index >= 15 is 0 Å². The first-order valence-electron chi connectivity index (χ1n) is 12.4. The van der Waals surface area contributed by atoms with E-state index in [1.807, 2.05) is 6.07 Å². The summed E-state index contributed by atoms with van der Waals surface area (Å²) in [6.07, 6.45) is 4.22. The van der Waals surface area contributed by atoms with Crippen molar-refractivity contribution < 1.29 is 27.9 Å². The summed E-state index contributed by atoms with van der Waals surface area (Å²) in [4.78, 5) is 17.4. The van der Waals surface area contributed by atoms with E-state index in [0.29, 0.717) is 29.4 Å². The van der Waals surface area contributed by atoms with Crippen molar-refractivity contribution in [1.29, 1.82) is 0 Å². The van der Waals surface area contributed by atoms with Crippen LogP contribution in [0.5, 0.6) is 11.5 Å². The first-order chi connectivity index (χ1) is 17.6. The van der Waals surface area contributed by atoms with Crippen LogP contribution in [0.3, 0.4) is 0 Å². The maximum absolute atomic E-state index is 12.6. The molecule has 37 heavy (non-hydrogen) atoms. The number of phenols is 1. The molecule has 0 saturated heterocycles. The van der Waals surface area contributed by atoms with Gasteiger partial charge in [-0.3, -0.25) is 0 Å². The lowest BCUT2D eigenvalue weighted by molar-refractivity contribution is -0.0328. The second kappa shape index (κ2) is 9.85. The summed E-state index contributed by atoms with van der Waals surface area (Å²) in [5.74, 6) is 1.27. The number of ether oxygens (including phenoxy) is 1. The number of nitroso groups, excluding NO2 is 1. The summed E-state index contributed by atoms with van der Waals surface area (Å²) in [5, 5.41) is 18.4. The number of hydrogen-bond acceptors (Lipinski definition) is 7. The number of rotatable bonds is 6. The van der Waals surface area contributed by atoms with Crippen LogP contribution in [0.25, 0.3) is 0 Å².